The van der Waals surface area contributed by atoms with Gasteiger partial charge < -0.3 is 10.0 Å². The first-order valence-electron chi connectivity index (χ1n) is 11.4. The number of Topliss-reactive ketones (excluding diaryl/α,β-unsaturated/α-hetero) is 1. The van der Waals surface area contributed by atoms with E-state index >= 15 is 0 Å². The minimum atomic E-state index is -1.92. The van der Waals surface area contributed by atoms with Gasteiger partial charge in [0, 0.05) is 15.6 Å². The molecule has 0 radical (unpaired) electrons. The van der Waals surface area contributed by atoms with E-state index in [0.717, 1.165) is 26.7 Å². The van der Waals surface area contributed by atoms with Crippen molar-refractivity contribution >= 4 is 33.3 Å². The molecule has 1 aliphatic heterocycles. The van der Waals surface area contributed by atoms with Crippen molar-refractivity contribution < 1.29 is 14.7 Å². The molecule has 0 unspecified atom stereocenters. The number of aliphatic hydroxyl groups is 1. The van der Waals surface area contributed by atoms with Gasteiger partial charge >= 0.3 is 0 Å². The van der Waals surface area contributed by atoms with Gasteiger partial charge in [-0.05, 0) is 59.7 Å². The Balaban J connectivity index is 1.72. The first-order valence-corrected chi connectivity index (χ1v) is 12.2. The quantitative estimate of drug-likeness (QED) is 0.398. The highest BCUT2D eigenvalue weighted by Gasteiger charge is 2.51. The zero-order chi connectivity index (χ0) is 24.8. The molecule has 0 fully saturated rings. The molecule has 1 atom stereocenters. The molecule has 4 nitrogen and oxygen atoms in total. The Morgan fingerprint density at radius 2 is 1.62 bits per heavy atom. The maximum Gasteiger partial charge on any atom is 0.264 e. The van der Waals surface area contributed by atoms with Crippen LogP contribution in [0.15, 0.2) is 65.1 Å². The summed E-state index contributed by atoms with van der Waals surface area (Å²) >= 11 is 3.46. The Bertz CT molecular complexity index is 1250. The highest BCUT2D eigenvalue weighted by atomic mass is 79.9. The number of ketones is 1. The van der Waals surface area contributed by atoms with Crippen molar-refractivity contribution in [1.82, 2.24) is 0 Å². The van der Waals surface area contributed by atoms with E-state index in [9.17, 15) is 14.7 Å². The highest BCUT2D eigenvalue weighted by molar-refractivity contribution is 9.10. The number of amides is 1. The lowest BCUT2D eigenvalue weighted by atomic mass is 9.81. The Hall–Kier alpha value is -2.76. The number of nitrogens with zero attached hydrogens (tertiary/aromatic N) is 1. The van der Waals surface area contributed by atoms with E-state index in [1.54, 1.807) is 11.0 Å². The molecule has 1 aliphatic rings. The summed E-state index contributed by atoms with van der Waals surface area (Å²) in [6.07, 6.45) is -0.308. The lowest BCUT2D eigenvalue weighted by Gasteiger charge is -2.25. The average Bonchev–Trinajstić information content (AvgIpc) is 2.94. The smallest absolute Gasteiger partial charge is 0.264 e. The Morgan fingerprint density at radius 1 is 1.00 bits per heavy atom. The van der Waals surface area contributed by atoms with E-state index in [2.05, 4.69) is 36.7 Å². The predicted octanol–water partition coefficient (Wildman–Crippen LogP) is 6.37. The van der Waals surface area contributed by atoms with Gasteiger partial charge in [-0.2, -0.15) is 0 Å². The minimum absolute atomic E-state index is 0.0418. The molecule has 0 spiro atoms. The number of aryl methyl sites for hydroxylation is 2. The Morgan fingerprint density at radius 3 is 2.21 bits per heavy atom. The van der Waals surface area contributed by atoms with Crippen molar-refractivity contribution in [2.75, 3.05) is 4.90 Å². The van der Waals surface area contributed by atoms with E-state index < -0.39 is 11.5 Å². The minimum Gasteiger partial charge on any atom is -0.375 e. The molecule has 0 saturated carbocycles. The molecule has 0 aliphatic carbocycles. The second-order valence-electron chi connectivity index (χ2n) is 10.2. The molecule has 3 aromatic rings. The van der Waals surface area contributed by atoms with Crippen LogP contribution in [0.2, 0.25) is 0 Å². The lowest BCUT2D eigenvalue weighted by molar-refractivity contribution is -0.136. The summed E-state index contributed by atoms with van der Waals surface area (Å²) in [6.45, 7) is 10.6. The summed E-state index contributed by atoms with van der Waals surface area (Å²) < 4.78 is 0.744. The lowest BCUT2D eigenvalue weighted by Crippen LogP contribution is -2.41. The summed E-state index contributed by atoms with van der Waals surface area (Å²) in [7, 11) is 0. The van der Waals surface area contributed by atoms with Gasteiger partial charge in [-0.15, -0.1) is 0 Å². The van der Waals surface area contributed by atoms with Gasteiger partial charge in [0.1, 0.15) is 0 Å². The molecule has 1 heterocycles. The van der Waals surface area contributed by atoms with Gasteiger partial charge in [0.15, 0.2) is 11.4 Å². The fourth-order valence-electron chi connectivity index (χ4n) is 4.77. The summed E-state index contributed by atoms with van der Waals surface area (Å²) in [6, 6.07) is 19.1. The third kappa shape index (κ3) is 4.35. The zero-order valence-corrected chi connectivity index (χ0v) is 21.9. The van der Waals surface area contributed by atoms with Gasteiger partial charge in [0.25, 0.3) is 5.91 Å². The highest BCUT2D eigenvalue weighted by Crippen LogP contribution is 2.45. The molecular formula is C29H30BrNO3. The molecular weight excluding hydrogens is 490 g/mol. The van der Waals surface area contributed by atoms with Gasteiger partial charge in [0.2, 0.25) is 0 Å². The molecule has 0 bridgehead atoms. The number of carbonyl (C=O) groups excluding carboxylic acids is 2. The number of rotatable bonds is 5. The number of hydrogen-bond donors (Lipinski definition) is 1. The van der Waals surface area contributed by atoms with Crippen molar-refractivity contribution in [2.45, 2.75) is 58.6 Å². The third-order valence-electron chi connectivity index (χ3n) is 6.57. The maximum absolute atomic E-state index is 13.6. The van der Waals surface area contributed by atoms with Gasteiger partial charge in [-0.1, -0.05) is 79.2 Å². The van der Waals surface area contributed by atoms with E-state index in [0.29, 0.717) is 23.4 Å². The number of halogens is 1. The second-order valence-corrected chi connectivity index (χ2v) is 11.1. The number of hydrogen-bond acceptors (Lipinski definition) is 3. The first kappa shape index (κ1) is 24.4. The van der Waals surface area contributed by atoms with E-state index in [4.69, 9.17) is 0 Å². The van der Waals surface area contributed by atoms with Gasteiger partial charge in [0.05, 0.1) is 18.7 Å². The largest absolute Gasteiger partial charge is 0.375 e. The standard InChI is InChI=1S/C29H30BrNO3/c1-18-13-21(28(3,4)5)14-19(2)26(18)25(32)16-29(34)23-15-22(30)11-12-24(23)31(27(29)33)17-20-9-7-6-8-10-20/h6-15,34H,16-17H2,1-5H3/t29-/m1/s1. The molecule has 4 rings (SSSR count). The van der Waals surface area contributed by atoms with Crippen LogP contribution in [0, 0.1) is 13.8 Å². The van der Waals surface area contributed by atoms with Gasteiger partial charge in [-0.3, -0.25) is 9.59 Å². The van der Waals surface area contributed by atoms with Crippen LogP contribution < -0.4 is 4.90 Å². The molecule has 176 valence electrons. The van der Waals surface area contributed by atoms with Crippen molar-refractivity contribution in [1.29, 1.82) is 0 Å². The van der Waals surface area contributed by atoms with Crippen LogP contribution in [0.5, 0.6) is 0 Å². The van der Waals surface area contributed by atoms with Crippen LogP contribution >= 0.6 is 15.9 Å². The zero-order valence-electron chi connectivity index (χ0n) is 20.3. The fraction of sp³-hybridized carbons (Fsp3) is 0.310. The van der Waals surface area contributed by atoms with E-state index in [-0.39, 0.29) is 17.6 Å². The average molecular weight is 520 g/mol. The van der Waals surface area contributed by atoms with Crippen LogP contribution in [0.25, 0.3) is 0 Å². The second kappa shape index (κ2) is 8.79. The molecule has 34 heavy (non-hydrogen) atoms. The molecule has 0 saturated heterocycles. The van der Waals surface area contributed by atoms with Crippen LogP contribution in [0.3, 0.4) is 0 Å². The van der Waals surface area contributed by atoms with Crippen LogP contribution in [-0.2, 0) is 22.4 Å². The molecule has 5 heteroatoms. The molecule has 3 aromatic carbocycles. The van der Waals surface area contributed by atoms with E-state index in [1.165, 1.54) is 0 Å². The Labute approximate surface area is 209 Å². The SMILES string of the molecule is Cc1cc(C(C)(C)C)cc(C)c1C(=O)C[C@]1(O)C(=O)N(Cc2ccccc2)c2ccc(Br)cc21. The van der Waals surface area contributed by atoms with Crippen molar-refractivity contribution in [3.8, 4) is 0 Å². The first-order chi connectivity index (χ1) is 15.9. The Kier molecular flexibility index (Phi) is 6.30. The summed E-state index contributed by atoms with van der Waals surface area (Å²) in [5, 5.41) is 11.7. The van der Waals surface area contributed by atoms with Crippen molar-refractivity contribution in [2.24, 2.45) is 0 Å². The topological polar surface area (TPSA) is 57.6 Å². The normalized spacial score (nSPS) is 17.7. The molecule has 1 N–H and O–H groups in total. The van der Waals surface area contributed by atoms with Gasteiger partial charge in [-0.25, -0.2) is 0 Å². The van der Waals surface area contributed by atoms with E-state index in [1.807, 2.05) is 68.4 Å². The summed E-state index contributed by atoms with van der Waals surface area (Å²) in [4.78, 5) is 28.8. The predicted molar refractivity (Wildman–Crippen MR) is 139 cm³/mol. The number of carbonyl (C=O) groups is 2. The molecule has 1 amide bonds. The monoisotopic (exact) mass is 519 g/mol. The summed E-state index contributed by atoms with van der Waals surface area (Å²) in [5.41, 5.74) is 3.52. The maximum atomic E-state index is 13.6. The van der Waals surface area contributed by atoms with Crippen molar-refractivity contribution in [3.63, 3.8) is 0 Å². The summed E-state index contributed by atoms with van der Waals surface area (Å²) in [5.74, 6) is -0.710. The number of fused-ring (bicyclic) bond motifs is 1. The fourth-order valence-corrected chi connectivity index (χ4v) is 5.13. The number of anilines is 1. The number of benzene rings is 3. The van der Waals surface area contributed by atoms with Crippen LogP contribution in [0.1, 0.15) is 65.4 Å². The van der Waals surface area contributed by atoms with Crippen LogP contribution in [-0.4, -0.2) is 16.8 Å². The third-order valence-corrected chi connectivity index (χ3v) is 7.06. The molecule has 0 aromatic heterocycles. The van der Waals surface area contributed by atoms with Crippen LogP contribution in [0.4, 0.5) is 5.69 Å². The van der Waals surface area contributed by atoms with Crippen molar-refractivity contribution in [3.05, 3.63) is 98.5 Å².